The average Bonchev–Trinajstić information content (AvgIpc) is 2.84. The number of likely N-dealkylation sites (tertiary alicyclic amines) is 1. The summed E-state index contributed by atoms with van der Waals surface area (Å²) in [5, 5.41) is 10.2. The first-order valence-electron chi connectivity index (χ1n) is 6.73. The van der Waals surface area contributed by atoms with Crippen molar-refractivity contribution in [2.24, 2.45) is 5.92 Å². The van der Waals surface area contributed by atoms with Crippen LogP contribution in [-0.4, -0.2) is 40.6 Å². The molecule has 0 aliphatic carbocycles. The molecule has 1 atom stereocenters. The number of anilines is 1. The molecule has 0 radical (unpaired) electrons. The lowest BCUT2D eigenvalue weighted by molar-refractivity contribution is 0.0626. The third-order valence-corrected chi connectivity index (χ3v) is 4.93. The van der Waals surface area contributed by atoms with Crippen LogP contribution in [0.3, 0.4) is 0 Å². The van der Waals surface area contributed by atoms with Crippen LogP contribution >= 0.6 is 11.3 Å². The van der Waals surface area contributed by atoms with Gasteiger partial charge in [-0.05, 0) is 24.8 Å². The number of nitrogens with zero attached hydrogens (tertiary/aromatic N) is 2. The number of amides is 1. The molecular formula is C14H17N3O2S. The van der Waals surface area contributed by atoms with E-state index in [9.17, 15) is 9.90 Å². The van der Waals surface area contributed by atoms with Crippen molar-refractivity contribution in [2.75, 3.05) is 25.4 Å². The third kappa shape index (κ3) is 2.25. The molecule has 6 heteroatoms. The lowest BCUT2D eigenvalue weighted by Gasteiger charge is -2.31. The standard InChI is InChI=1S/C14H17N3O2S/c15-12-10-3-4-16-6-11(10)20-13(12)14(19)17-5-1-2-9(7-17)8-18/h3-4,6,9,18H,1-2,5,7-8,15H2. The summed E-state index contributed by atoms with van der Waals surface area (Å²) in [6, 6.07) is 1.84. The fourth-order valence-electron chi connectivity index (χ4n) is 2.67. The van der Waals surface area contributed by atoms with Crippen molar-refractivity contribution >= 4 is 33.0 Å². The van der Waals surface area contributed by atoms with Crippen molar-refractivity contribution < 1.29 is 9.90 Å². The van der Waals surface area contributed by atoms with Gasteiger partial charge >= 0.3 is 0 Å². The molecule has 3 rings (SSSR count). The van der Waals surface area contributed by atoms with E-state index in [1.807, 2.05) is 6.07 Å². The molecule has 0 saturated carbocycles. The number of pyridine rings is 1. The van der Waals surface area contributed by atoms with Crippen LogP contribution in [-0.2, 0) is 0 Å². The molecule has 5 nitrogen and oxygen atoms in total. The number of nitrogen functional groups attached to an aromatic ring is 1. The topological polar surface area (TPSA) is 79.5 Å². The van der Waals surface area contributed by atoms with E-state index < -0.39 is 0 Å². The van der Waals surface area contributed by atoms with Gasteiger partial charge in [-0.1, -0.05) is 0 Å². The second kappa shape index (κ2) is 5.38. The normalized spacial score (nSPS) is 19.4. The number of hydrogen-bond acceptors (Lipinski definition) is 5. The van der Waals surface area contributed by atoms with E-state index in [1.165, 1.54) is 11.3 Å². The van der Waals surface area contributed by atoms with Crippen LogP contribution in [0.15, 0.2) is 18.5 Å². The van der Waals surface area contributed by atoms with Crippen molar-refractivity contribution in [3.8, 4) is 0 Å². The minimum absolute atomic E-state index is 0.0261. The zero-order valence-electron chi connectivity index (χ0n) is 11.1. The van der Waals surface area contributed by atoms with E-state index in [1.54, 1.807) is 17.3 Å². The summed E-state index contributed by atoms with van der Waals surface area (Å²) in [5.41, 5.74) is 6.64. The number of aliphatic hydroxyl groups is 1. The van der Waals surface area contributed by atoms with Crippen molar-refractivity contribution in [2.45, 2.75) is 12.8 Å². The van der Waals surface area contributed by atoms with Crippen LogP contribution in [0.25, 0.3) is 10.1 Å². The van der Waals surface area contributed by atoms with Gasteiger partial charge in [0.05, 0.1) is 10.4 Å². The van der Waals surface area contributed by atoms with E-state index >= 15 is 0 Å². The SMILES string of the molecule is Nc1c(C(=O)N2CCCC(CO)C2)sc2cnccc12. The first-order valence-corrected chi connectivity index (χ1v) is 7.54. The number of piperidine rings is 1. The Balaban J connectivity index is 1.90. The number of carbonyl (C=O) groups is 1. The summed E-state index contributed by atoms with van der Waals surface area (Å²) in [7, 11) is 0. The number of aromatic nitrogens is 1. The van der Waals surface area contributed by atoms with Crippen molar-refractivity contribution in [3.63, 3.8) is 0 Å². The molecule has 1 amide bonds. The Labute approximate surface area is 121 Å². The van der Waals surface area contributed by atoms with Crippen LogP contribution in [0.2, 0.25) is 0 Å². The fourth-order valence-corrected chi connectivity index (χ4v) is 3.73. The minimum Gasteiger partial charge on any atom is -0.397 e. The maximum Gasteiger partial charge on any atom is 0.266 e. The van der Waals surface area contributed by atoms with Crippen LogP contribution < -0.4 is 5.73 Å². The molecule has 2 aromatic heterocycles. The Morgan fingerprint density at radius 1 is 1.60 bits per heavy atom. The molecule has 3 N–H and O–H groups in total. The first kappa shape index (κ1) is 13.3. The van der Waals surface area contributed by atoms with Gasteiger partial charge in [0.1, 0.15) is 4.88 Å². The van der Waals surface area contributed by atoms with Gasteiger partial charge in [-0.3, -0.25) is 9.78 Å². The zero-order valence-corrected chi connectivity index (χ0v) is 11.9. The third-order valence-electron chi connectivity index (χ3n) is 3.79. The maximum absolute atomic E-state index is 12.6. The second-order valence-corrected chi connectivity index (χ2v) is 6.21. The minimum atomic E-state index is -0.0261. The zero-order chi connectivity index (χ0) is 14.1. The Morgan fingerprint density at radius 2 is 2.45 bits per heavy atom. The van der Waals surface area contributed by atoms with Crippen LogP contribution in [0, 0.1) is 5.92 Å². The highest BCUT2D eigenvalue weighted by molar-refractivity contribution is 7.21. The molecule has 0 spiro atoms. The van der Waals surface area contributed by atoms with Gasteiger partial charge < -0.3 is 15.7 Å². The van der Waals surface area contributed by atoms with Crippen molar-refractivity contribution in [1.29, 1.82) is 0 Å². The number of rotatable bonds is 2. The highest BCUT2D eigenvalue weighted by atomic mass is 32.1. The largest absolute Gasteiger partial charge is 0.397 e. The van der Waals surface area contributed by atoms with Gasteiger partial charge in [0.2, 0.25) is 0 Å². The Hall–Kier alpha value is -1.66. The molecule has 1 aliphatic rings. The van der Waals surface area contributed by atoms with Crippen molar-refractivity contribution in [3.05, 3.63) is 23.3 Å². The Bertz CT molecular complexity index is 640. The predicted molar refractivity (Wildman–Crippen MR) is 79.7 cm³/mol. The van der Waals surface area contributed by atoms with Gasteiger partial charge in [-0.25, -0.2) is 0 Å². The van der Waals surface area contributed by atoms with E-state index in [0.717, 1.165) is 29.5 Å². The molecule has 0 bridgehead atoms. The molecule has 1 unspecified atom stereocenters. The highest BCUT2D eigenvalue weighted by Crippen LogP contribution is 2.34. The van der Waals surface area contributed by atoms with Crippen LogP contribution in [0.4, 0.5) is 5.69 Å². The van der Waals surface area contributed by atoms with Gasteiger partial charge in [-0.2, -0.15) is 0 Å². The summed E-state index contributed by atoms with van der Waals surface area (Å²) in [6.07, 6.45) is 5.33. The highest BCUT2D eigenvalue weighted by Gasteiger charge is 2.27. The summed E-state index contributed by atoms with van der Waals surface area (Å²) in [4.78, 5) is 19.1. The molecule has 1 aliphatic heterocycles. The van der Waals surface area contributed by atoms with E-state index in [2.05, 4.69) is 4.98 Å². The smallest absolute Gasteiger partial charge is 0.266 e. The molecule has 1 fully saturated rings. The van der Waals surface area contributed by atoms with Gasteiger partial charge in [0.25, 0.3) is 5.91 Å². The number of fused-ring (bicyclic) bond motifs is 1. The summed E-state index contributed by atoms with van der Waals surface area (Å²) in [6.45, 7) is 1.48. The molecule has 20 heavy (non-hydrogen) atoms. The predicted octanol–water partition coefficient (Wildman–Crippen LogP) is 1.72. The first-order chi connectivity index (χ1) is 9.70. The van der Waals surface area contributed by atoms with Crippen molar-refractivity contribution in [1.82, 2.24) is 9.88 Å². The Morgan fingerprint density at radius 3 is 3.20 bits per heavy atom. The number of hydrogen-bond donors (Lipinski definition) is 2. The van der Waals surface area contributed by atoms with Gasteiger partial charge in [0.15, 0.2) is 0 Å². The van der Waals surface area contributed by atoms with Crippen LogP contribution in [0.5, 0.6) is 0 Å². The van der Waals surface area contributed by atoms with E-state index in [0.29, 0.717) is 17.1 Å². The monoisotopic (exact) mass is 291 g/mol. The molecule has 3 heterocycles. The van der Waals surface area contributed by atoms with E-state index in [4.69, 9.17) is 5.73 Å². The molecule has 106 valence electrons. The van der Waals surface area contributed by atoms with Gasteiger partial charge in [0, 0.05) is 37.5 Å². The maximum atomic E-state index is 12.6. The molecular weight excluding hydrogens is 274 g/mol. The number of thiophene rings is 1. The summed E-state index contributed by atoms with van der Waals surface area (Å²) in [5.74, 6) is 0.159. The Kier molecular flexibility index (Phi) is 3.58. The van der Waals surface area contributed by atoms with Gasteiger partial charge in [-0.15, -0.1) is 11.3 Å². The molecule has 2 aromatic rings. The summed E-state index contributed by atoms with van der Waals surface area (Å²) < 4.78 is 0.934. The molecule has 1 saturated heterocycles. The van der Waals surface area contributed by atoms with E-state index in [-0.39, 0.29) is 18.4 Å². The molecule has 0 aromatic carbocycles. The number of carbonyl (C=O) groups excluding carboxylic acids is 1. The number of nitrogens with two attached hydrogens (primary N) is 1. The quantitative estimate of drug-likeness (QED) is 0.883. The fraction of sp³-hybridized carbons (Fsp3) is 0.429. The van der Waals surface area contributed by atoms with Crippen LogP contribution in [0.1, 0.15) is 22.5 Å². The second-order valence-electron chi connectivity index (χ2n) is 5.16. The lowest BCUT2D eigenvalue weighted by atomic mass is 9.99. The summed E-state index contributed by atoms with van der Waals surface area (Å²) >= 11 is 1.39. The average molecular weight is 291 g/mol. The number of aliphatic hydroxyl groups excluding tert-OH is 1. The lowest BCUT2D eigenvalue weighted by Crippen LogP contribution is -2.40.